The van der Waals surface area contributed by atoms with Crippen LogP contribution >= 0.6 is 23.2 Å². The van der Waals surface area contributed by atoms with E-state index in [2.05, 4.69) is 0 Å². The fraction of sp³-hybridized carbons (Fsp3) is 0.225. The quantitative estimate of drug-likeness (QED) is 0.0420. The number of phenolic OH excluding ortho intramolecular Hbond substituents is 1. The van der Waals surface area contributed by atoms with Crippen LogP contribution in [0.2, 0.25) is 0 Å². The molecule has 2 aliphatic carbocycles. The van der Waals surface area contributed by atoms with Gasteiger partial charge in [-0.15, -0.1) is 23.2 Å². The zero-order chi connectivity index (χ0) is 40.2. The van der Waals surface area contributed by atoms with Crippen LogP contribution in [0.5, 0.6) is 11.5 Å². The van der Waals surface area contributed by atoms with Gasteiger partial charge in [0.25, 0.3) is 11.8 Å². The number of halogens is 7. The number of phenols is 1. The molecule has 0 aromatic heterocycles. The largest absolute Gasteiger partial charge is 0.508 e. The van der Waals surface area contributed by atoms with Gasteiger partial charge < -0.3 is 9.84 Å². The first-order valence-corrected chi connectivity index (χ1v) is 17.8. The van der Waals surface area contributed by atoms with Gasteiger partial charge >= 0.3 is 0 Å². The van der Waals surface area contributed by atoms with Crippen molar-refractivity contribution in [2.45, 2.75) is 28.5 Å². The molecule has 6 unspecified atom stereocenters. The molecule has 16 heteroatoms. The zero-order valence-corrected chi connectivity index (χ0v) is 30.2. The van der Waals surface area contributed by atoms with Crippen molar-refractivity contribution in [3.8, 4) is 11.5 Å². The fourth-order valence-electron chi connectivity index (χ4n) is 8.58. The third-order valence-corrected chi connectivity index (χ3v) is 12.6. The Balaban J connectivity index is 1.25. The maximum absolute atomic E-state index is 15.3. The average molecular weight is 812 g/mol. The number of fused-ring (bicyclic) bond motifs is 4. The summed E-state index contributed by atoms with van der Waals surface area (Å²) in [7, 11) is 1.28. The number of methoxy groups -OCH3 is 1. The zero-order valence-electron chi connectivity index (χ0n) is 28.7. The second-order valence-corrected chi connectivity index (χ2v) is 15.1. The van der Waals surface area contributed by atoms with Crippen molar-refractivity contribution < 1.29 is 55.8 Å². The number of ether oxygens (including phenoxy) is 1. The summed E-state index contributed by atoms with van der Waals surface area (Å²) >= 11 is 14.3. The molecule has 56 heavy (non-hydrogen) atoms. The monoisotopic (exact) mass is 810 g/mol. The van der Waals surface area contributed by atoms with Gasteiger partial charge in [-0.3, -0.25) is 28.9 Å². The third kappa shape index (κ3) is 4.94. The predicted octanol–water partition coefficient (Wildman–Crippen LogP) is 7.10. The number of allylic oxidation sites excluding steroid dienone is 2. The summed E-state index contributed by atoms with van der Waals surface area (Å²) in [4.78, 5) is 65.4. The number of rotatable bonds is 6. The minimum atomic E-state index is -2.82. The molecule has 4 aromatic carbocycles. The number of aromatic hydroxyl groups is 1. The molecular weight excluding hydrogens is 786 g/mol. The molecule has 2 heterocycles. The molecule has 1 N–H and O–H groups in total. The number of hydrogen-bond acceptors (Lipinski definition) is 7. The summed E-state index contributed by atoms with van der Waals surface area (Å²) in [5.74, 6) is -23.1. The average Bonchev–Trinajstić information content (AvgIpc) is 3.54. The highest BCUT2D eigenvalue weighted by Gasteiger charge is 2.77. The Labute approximate surface area is 323 Å². The molecule has 3 fully saturated rings. The number of alkyl halides is 2. The van der Waals surface area contributed by atoms with Crippen molar-refractivity contribution in [1.82, 2.24) is 0 Å². The van der Waals surface area contributed by atoms with Crippen LogP contribution in [0.25, 0.3) is 0 Å². The van der Waals surface area contributed by atoms with Crippen molar-refractivity contribution in [3.05, 3.63) is 130 Å². The van der Waals surface area contributed by atoms with Gasteiger partial charge in [0.1, 0.15) is 17.2 Å². The van der Waals surface area contributed by atoms with E-state index in [1.54, 1.807) is 30.3 Å². The number of carbonyl (C=O) groups is 5. The molecule has 286 valence electrons. The summed E-state index contributed by atoms with van der Waals surface area (Å²) in [6.45, 7) is 0. The Hall–Kier alpha value is -5.60. The summed E-state index contributed by atoms with van der Waals surface area (Å²) in [6.07, 6.45) is 0.667. The van der Waals surface area contributed by atoms with Crippen molar-refractivity contribution in [3.63, 3.8) is 0 Å². The lowest BCUT2D eigenvalue weighted by Crippen LogP contribution is -2.60. The van der Waals surface area contributed by atoms with Gasteiger partial charge in [0.2, 0.25) is 17.6 Å². The van der Waals surface area contributed by atoms with Crippen LogP contribution in [0, 0.1) is 46.8 Å². The maximum Gasteiger partial charge on any atom is 0.258 e. The van der Waals surface area contributed by atoms with Crippen LogP contribution in [-0.2, 0) is 19.2 Å². The summed E-state index contributed by atoms with van der Waals surface area (Å²) in [5, 5.41) is 11.2. The first-order chi connectivity index (χ1) is 26.6. The van der Waals surface area contributed by atoms with Gasteiger partial charge in [-0.2, -0.15) is 0 Å². The SMILES string of the molecule is COc1ccc(O)c(C2C3=CCC4C(=O)N(c5ccc(C(=O)c6ccccc6)cc5)C(=O)C4C3CC3(Cl)C(=O)N(c4c(F)c(F)c(F)c(F)c4F)C(=O)C23Cl)c1. The molecule has 0 radical (unpaired) electrons. The third-order valence-electron chi connectivity index (χ3n) is 11.2. The molecule has 2 aliphatic heterocycles. The van der Waals surface area contributed by atoms with E-state index < -0.39 is 104 Å². The Morgan fingerprint density at radius 2 is 1.38 bits per heavy atom. The molecule has 4 aliphatic rings. The molecule has 9 nitrogen and oxygen atoms in total. The Morgan fingerprint density at radius 1 is 0.768 bits per heavy atom. The van der Waals surface area contributed by atoms with Crippen LogP contribution in [0.15, 0.2) is 84.4 Å². The highest BCUT2D eigenvalue weighted by Crippen LogP contribution is 2.67. The van der Waals surface area contributed by atoms with E-state index in [9.17, 15) is 42.3 Å². The Bertz CT molecular complexity index is 2440. The van der Waals surface area contributed by atoms with E-state index >= 15 is 8.78 Å². The maximum atomic E-state index is 15.3. The van der Waals surface area contributed by atoms with Crippen LogP contribution < -0.4 is 14.5 Å². The molecule has 1 saturated carbocycles. The lowest BCUT2D eigenvalue weighted by molar-refractivity contribution is -0.125. The van der Waals surface area contributed by atoms with E-state index in [-0.39, 0.29) is 45.2 Å². The standard InChI is InChI=1S/C40H25Cl2F5N2O7/c1-56-20-11-14-25(50)23(15-20)27-21-12-13-22-26(36(53)48(35(22)52)19-9-7-18(8-10-19)34(51)17-5-3-2-4-6-17)24(21)16-39(41)37(54)49(38(55)40(27,39)42)33-31(46)29(44)28(43)30(45)32(33)47/h2-12,14-15,22,24,26-27,50H,13,16H2,1H3. The first-order valence-electron chi connectivity index (χ1n) is 17.0. The Morgan fingerprint density at radius 3 is 2.00 bits per heavy atom. The van der Waals surface area contributed by atoms with E-state index in [4.69, 9.17) is 27.9 Å². The van der Waals surface area contributed by atoms with E-state index in [1.165, 1.54) is 55.7 Å². The smallest absolute Gasteiger partial charge is 0.258 e. The summed E-state index contributed by atoms with van der Waals surface area (Å²) < 4.78 is 79.1. The highest BCUT2D eigenvalue weighted by molar-refractivity contribution is 6.58. The fourth-order valence-corrected chi connectivity index (χ4v) is 9.50. The van der Waals surface area contributed by atoms with Gasteiger partial charge in [-0.1, -0.05) is 42.0 Å². The van der Waals surface area contributed by atoms with Crippen LogP contribution in [-0.4, -0.2) is 51.4 Å². The Kier molecular flexibility index (Phi) is 8.66. The van der Waals surface area contributed by atoms with Gasteiger partial charge in [0.05, 0.1) is 24.6 Å². The number of carbonyl (C=O) groups excluding carboxylic acids is 5. The second kappa shape index (κ2) is 13.0. The molecular formula is C40H25Cl2F5N2O7. The molecule has 8 rings (SSSR count). The summed E-state index contributed by atoms with van der Waals surface area (Å²) in [6, 6.07) is 17.9. The van der Waals surface area contributed by atoms with E-state index in [0.717, 1.165) is 4.90 Å². The lowest BCUT2D eigenvalue weighted by atomic mass is 9.56. The van der Waals surface area contributed by atoms with Crippen molar-refractivity contribution in [2.24, 2.45) is 17.8 Å². The topological polar surface area (TPSA) is 121 Å². The molecule has 6 atom stereocenters. The molecule has 0 spiro atoms. The van der Waals surface area contributed by atoms with Crippen molar-refractivity contribution in [2.75, 3.05) is 16.9 Å². The number of hydrogen-bond donors (Lipinski definition) is 1. The summed E-state index contributed by atoms with van der Waals surface area (Å²) in [5.41, 5.74) is -1.15. The van der Waals surface area contributed by atoms with E-state index in [0.29, 0.717) is 5.56 Å². The lowest BCUT2D eigenvalue weighted by Gasteiger charge is -2.50. The highest BCUT2D eigenvalue weighted by atomic mass is 35.5. The van der Waals surface area contributed by atoms with Crippen LogP contribution in [0.1, 0.15) is 40.2 Å². The normalized spacial score (nSPS) is 26.9. The number of amides is 4. The van der Waals surface area contributed by atoms with Crippen LogP contribution in [0.4, 0.5) is 33.3 Å². The number of ketones is 1. The van der Waals surface area contributed by atoms with Crippen LogP contribution in [0.3, 0.4) is 0 Å². The number of anilines is 2. The molecule has 2 saturated heterocycles. The first kappa shape index (κ1) is 37.3. The van der Waals surface area contributed by atoms with Gasteiger partial charge in [0.15, 0.2) is 38.8 Å². The molecule has 4 amide bonds. The van der Waals surface area contributed by atoms with Gasteiger partial charge in [0, 0.05) is 22.6 Å². The van der Waals surface area contributed by atoms with Crippen molar-refractivity contribution >= 4 is 64.0 Å². The molecule has 4 aromatic rings. The van der Waals surface area contributed by atoms with Crippen molar-refractivity contribution in [1.29, 1.82) is 0 Å². The minimum Gasteiger partial charge on any atom is -0.508 e. The number of imide groups is 2. The number of nitrogens with zero attached hydrogens (tertiary/aromatic N) is 2. The minimum absolute atomic E-state index is 0.107. The second-order valence-electron chi connectivity index (χ2n) is 13.9. The predicted molar refractivity (Wildman–Crippen MR) is 190 cm³/mol. The van der Waals surface area contributed by atoms with Gasteiger partial charge in [-0.05, 0) is 61.2 Å². The molecule has 0 bridgehead atoms. The van der Waals surface area contributed by atoms with Gasteiger partial charge in [-0.25, -0.2) is 26.9 Å². The number of benzene rings is 4. The van der Waals surface area contributed by atoms with E-state index in [1.807, 2.05) is 0 Å².